The Bertz CT molecular complexity index is 967. The standard InChI is InChI=1S/C19H13ClF3N3O3/c20-16-7-3-12(9-15(16)19(21,22)23)4-8-17(27)25-26-18(28)11-29-14-5-1-13(10-24)2-6-14/h1-9H,11H2,(H,25,27)(H,26,28)/b8-4+. The minimum atomic E-state index is -4.62. The molecule has 0 unspecified atom stereocenters. The van der Waals surface area contributed by atoms with Crippen LogP contribution >= 0.6 is 11.6 Å². The van der Waals surface area contributed by atoms with Gasteiger partial charge in [-0.25, -0.2) is 0 Å². The van der Waals surface area contributed by atoms with Gasteiger partial charge in [0, 0.05) is 6.08 Å². The molecule has 0 saturated carbocycles. The maximum atomic E-state index is 12.8. The van der Waals surface area contributed by atoms with Gasteiger partial charge < -0.3 is 4.74 Å². The van der Waals surface area contributed by atoms with Crippen molar-refractivity contribution in [2.45, 2.75) is 6.18 Å². The van der Waals surface area contributed by atoms with Gasteiger partial charge in [0.05, 0.1) is 22.2 Å². The number of nitrogens with one attached hydrogen (secondary N) is 2. The van der Waals surface area contributed by atoms with Gasteiger partial charge in [-0.15, -0.1) is 0 Å². The van der Waals surface area contributed by atoms with Gasteiger partial charge in [-0.3, -0.25) is 20.4 Å². The lowest BCUT2D eigenvalue weighted by atomic mass is 10.1. The number of hydrazine groups is 1. The van der Waals surface area contributed by atoms with Crippen LogP contribution in [0.3, 0.4) is 0 Å². The Hall–Kier alpha value is -3.51. The molecule has 6 nitrogen and oxygen atoms in total. The molecule has 0 aliphatic heterocycles. The first-order valence-electron chi connectivity index (χ1n) is 7.95. The molecule has 0 atom stereocenters. The van der Waals surface area contributed by atoms with E-state index < -0.39 is 35.2 Å². The first-order valence-corrected chi connectivity index (χ1v) is 8.33. The van der Waals surface area contributed by atoms with Crippen LogP contribution in [0, 0.1) is 11.3 Å². The van der Waals surface area contributed by atoms with Crippen molar-refractivity contribution in [1.29, 1.82) is 5.26 Å². The lowest BCUT2D eigenvalue weighted by Gasteiger charge is -2.09. The largest absolute Gasteiger partial charge is 0.484 e. The Morgan fingerprint density at radius 2 is 1.83 bits per heavy atom. The van der Waals surface area contributed by atoms with Gasteiger partial charge in [-0.1, -0.05) is 17.7 Å². The molecule has 0 bridgehead atoms. The van der Waals surface area contributed by atoms with Crippen molar-refractivity contribution in [2.75, 3.05) is 6.61 Å². The zero-order chi connectivity index (χ0) is 21.4. The van der Waals surface area contributed by atoms with Crippen molar-refractivity contribution in [3.8, 4) is 11.8 Å². The summed E-state index contributed by atoms with van der Waals surface area (Å²) < 4.78 is 43.6. The maximum absolute atomic E-state index is 12.8. The van der Waals surface area contributed by atoms with E-state index in [1.165, 1.54) is 30.3 Å². The van der Waals surface area contributed by atoms with Gasteiger partial charge in [0.25, 0.3) is 11.8 Å². The number of carbonyl (C=O) groups excluding carboxylic acids is 2. The highest BCUT2D eigenvalue weighted by atomic mass is 35.5. The van der Waals surface area contributed by atoms with Crippen LogP contribution in [0.5, 0.6) is 5.75 Å². The predicted octanol–water partition coefficient (Wildman–Crippen LogP) is 3.47. The summed E-state index contributed by atoms with van der Waals surface area (Å²) in [7, 11) is 0. The van der Waals surface area contributed by atoms with Gasteiger partial charge >= 0.3 is 6.18 Å². The zero-order valence-electron chi connectivity index (χ0n) is 14.6. The summed E-state index contributed by atoms with van der Waals surface area (Å²) in [6.07, 6.45) is -2.53. The molecule has 0 saturated heterocycles. The highest BCUT2D eigenvalue weighted by Crippen LogP contribution is 2.35. The van der Waals surface area contributed by atoms with Gasteiger partial charge in [-0.05, 0) is 48.0 Å². The van der Waals surface area contributed by atoms with Crippen LogP contribution in [-0.2, 0) is 15.8 Å². The third-order valence-electron chi connectivity index (χ3n) is 3.40. The predicted molar refractivity (Wildman–Crippen MR) is 98.4 cm³/mol. The van der Waals surface area contributed by atoms with E-state index in [1.807, 2.05) is 6.07 Å². The molecule has 2 aromatic carbocycles. The number of halogens is 4. The van der Waals surface area contributed by atoms with Crippen molar-refractivity contribution in [3.05, 3.63) is 70.3 Å². The van der Waals surface area contributed by atoms with E-state index in [-0.39, 0.29) is 5.56 Å². The molecule has 2 amide bonds. The first kappa shape index (κ1) is 21.8. The Morgan fingerprint density at radius 1 is 1.14 bits per heavy atom. The third-order valence-corrected chi connectivity index (χ3v) is 3.73. The van der Waals surface area contributed by atoms with Gasteiger partial charge in [0.2, 0.25) is 0 Å². The fourth-order valence-corrected chi connectivity index (χ4v) is 2.24. The Morgan fingerprint density at radius 3 is 2.45 bits per heavy atom. The summed E-state index contributed by atoms with van der Waals surface area (Å²) in [4.78, 5) is 23.3. The molecule has 0 spiro atoms. The fraction of sp³-hybridized carbons (Fsp3) is 0.105. The van der Waals surface area contributed by atoms with Gasteiger partial charge in [-0.2, -0.15) is 18.4 Å². The van der Waals surface area contributed by atoms with E-state index in [0.29, 0.717) is 11.3 Å². The lowest BCUT2D eigenvalue weighted by molar-refractivity contribution is -0.137. The molecule has 10 heteroatoms. The van der Waals surface area contributed by atoms with E-state index in [1.54, 1.807) is 0 Å². The molecule has 0 radical (unpaired) electrons. The number of benzene rings is 2. The van der Waals surface area contributed by atoms with Crippen molar-refractivity contribution < 1.29 is 27.5 Å². The summed E-state index contributed by atoms with van der Waals surface area (Å²) in [5.41, 5.74) is 3.67. The van der Waals surface area contributed by atoms with Crippen LogP contribution in [0.15, 0.2) is 48.5 Å². The Labute approximate surface area is 168 Å². The highest BCUT2D eigenvalue weighted by Gasteiger charge is 2.33. The summed E-state index contributed by atoms with van der Waals surface area (Å²) >= 11 is 5.52. The summed E-state index contributed by atoms with van der Waals surface area (Å²) in [5.74, 6) is -1.07. The number of hydrogen-bond acceptors (Lipinski definition) is 4. The number of hydrogen-bond donors (Lipinski definition) is 2. The van der Waals surface area contributed by atoms with E-state index in [9.17, 15) is 22.8 Å². The Balaban J connectivity index is 1.83. The van der Waals surface area contributed by atoms with E-state index >= 15 is 0 Å². The van der Waals surface area contributed by atoms with Crippen LogP contribution in [0.2, 0.25) is 5.02 Å². The number of alkyl halides is 3. The third kappa shape index (κ3) is 6.86. The average Bonchev–Trinajstić information content (AvgIpc) is 2.69. The van der Waals surface area contributed by atoms with Crippen molar-refractivity contribution in [3.63, 3.8) is 0 Å². The summed E-state index contributed by atoms with van der Waals surface area (Å²) in [6.45, 7) is -0.401. The van der Waals surface area contributed by atoms with Crippen LogP contribution < -0.4 is 15.6 Å². The molecule has 0 aliphatic carbocycles. The SMILES string of the molecule is N#Cc1ccc(OCC(=O)NNC(=O)/C=C/c2ccc(Cl)c(C(F)(F)F)c2)cc1. The maximum Gasteiger partial charge on any atom is 0.417 e. The van der Waals surface area contributed by atoms with Crippen LogP contribution in [0.4, 0.5) is 13.2 Å². The number of ether oxygens (including phenoxy) is 1. The molecule has 0 fully saturated rings. The topological polar surface area (TPSA) is 91.2 Å². The number of nitriles is 1. The molecular weight excluding hydrogens is 411 g/mol. The number of carbonyl (C=O) groups is 2. The lowest BCUT2D eigenvalue weighted by Crippen LogP contribution is -2.43. The van der Waals surface area contributed by atoms with E-state index in [0.717, 1.165) is 24.3 Å². The quantitative estimate of drug-likeness (QED) is 0.569. The molecule has 150 valence electrons. The molecule has 0 aliphatic rings. The molecule has 0 heterocycles. The van der Waals surface area contributed by atoms with E-state index in [4.69, 9.17) is 21.6 Å². The first-order chi connectivity index (χ1) is 13.7. The number of nitrogens with zero attached hydrogens (tertiary/aromatic N) is 1. The van der Waals surface area contributed by atoms with Crippen LogP contribution in [0.25, 0.3) is 6.08 Å². The van der Waals surface area contributed by atoms with E-state index in [2.05, 4.69) is 10.9 Å². The average molecular weight is 424 g/mol. The molecule has 2 aromatic rings. The summed E-state index contributed by atoms with van der Waals surface area (Å²) in [5, 5.41) is 8.24. The number of amides is 2. The molecule has 2 rings (SSSR count). The van der Waals surface area contributed by atoms with Crippen LogP contribution in [-0.4, -0.2) is 18.4 Å². The second kappa shape index (κ2) is 9.61. The molecular formula is C19H13ClF3N3O3. The highest BCUT2D eigenvalue weighted by molar-refractivity contribution is 6.31. The minimum Gasteiger partial charge on any atom is -0.484 e. The number of rotatable bonds is 5. The second-order valence-corrected chi connectivity index (χ2v) is 5.94. The van der Waals surface area contributed by atoms with Gasteiger partial charge in [0.15, 0.2) is 6.61 Å². The normalized spacial score (nSPS) is 11.0. The molecule has 0 aromatic heterocycles. The molecule has 29 heavy (non-hydrogen) atoms. The second-order valence-electron chi connectivity index (χ2n) is 5.53. The monoisotopic (exact) mass is 423 g/mol. The van der Waals surface area contributed by atoms with Crippen LogP contribution in [0.1, 0.15) is 16.7 Å². The minimum absolute atomic E-state index is 0.104. The van der Waals surface area contributed by atoms with Crippen molar-refractivity contribution >= 4 is 29.5 Å². The smallest absolute Gasteiger partial charge is 0.417 e. The fourth-order valence-electron chi connectivity index (χ4n) is 2.02. The van der Waals surface area contributed by atoms with Crippen molar-refractivity contribution in [2.24, 2.45) is 0 Å². The molecule has 2 N–H and O–H groups in total. The summed E-state index contributed by atoms with van der Waals surface area (Å²) in [6, 6.07) is 11.2. The zero-order valence-corrected chi connectivity index (χ0v) is 15.3. The van der Waals surface area contributed by atoms with Gasteiger partial charge in [0.1, 0.15) is 5.75 Å². The van der Waals surface area contributed by atoms with Crippen molar-refractivity contribution in [1.82, 2.24) is 10.9 Å². The Kier molecular flexibility index (Phi) is 7.22.